The van der Waals surface area contributed by atoms with Crippen molar-refractivity contribution in [3.63, 3.8) is 0 Å². The van der Waals surface area contributed by atoms with Gasteiger partial charge in [-0.15, -0.1) is 0 Å². The lowest BCUT2D eigenvalue weighted by molar-refractivity contribution is -0.148. The highest BCUT2D eigenvalue weighted by Gasteiger charge is 2.21. The highest BCUT2D eigenvalue weighted by molar-refractivity contribution is 5.89. The minimum atomic E-state index is -0.554. The van der Waals surface area contributed by atoms with E-state index < -0.39 is 5.97 Å². The third-order valence-corrected chi connectivity index (χ3v) is 5.10. The Hall–Kier alpha value is -3.67. The van der Waals surface area contributed by atoms with Crippen LogP contribution in [0.2, 0.25) is 0 Å². The number of anilines is 1. The van der Waals surface area contributed by atoms with Crippen LogP contribution in [0.25, 0.3) is 17.0 Å². The van der Waals surface area contributed by atoms with Crippen molar-refractivity contribution in [3.05, 3.63) is 78.5 Å². The second kappa shape index (κ2) is 9.22. The molecule has 30 heavy (non-hydrogen) atoms. The maximum absolute atomic E-state index is 12.4. The van der Waals surface area contributed by atoms with Crippen molar-refractivity contribution >= 4 is 34.5 Å². The zero-order valence-corrected chi connectivity index (χ0v) is 16.6. The molecule has 6 heteroatoms. The Morgan fingerprint density at radius 3 is 2.43 bits per heavy atom. The van der Waals surface area contributed by atoms with Gasteiger partial charge in [0.1, 0.15) is 0 Å². The van der Waals surface area contributed by atoms with Crippen LogP contribution in [0.4, 0.5) is 5.69 Å². The van der Waals surface area contributed by atoms with Crippen LogP contribution in [0.5, 0.6) is 0 Å². The van der Waals surface area contributed by atoms with Crippen molar-refractivity contribution in [1.29, 1.82) is 0 Å². The lowest BCUT2D eigenvalue weighted by Crippen LogP contribution is -2.49. The van der Waals surface area contributed by atoms with Gasteiger partial charge in [-0.05, 0) is 30.3 Å². The molecule has 0 N–H and O–H groups in total. The van der Waals surface area contributed by atoms with Gasteiger partial charge in [0.15, 0.2) is 6.61 Å². The predicted octanol–water partition coefficient (Wildman–Crippen LogP) is 3.14. The molecule has 2 heterocycles. The van der Waals surface area contributed by atoms with E-state index in [9.17, 15) is 9.59 Å². The zero-order chi connectivity index (χ0) is 20.8. The summed E-state index contributed by atoms with van der Waals surface area (Å²) in [6, 6.07) is 21.7. The molecule has 0 saturated carbocycles. The van der Waals surface area contributed by atoms with E-state index in [-0.39, 0.29) is 12.5 Å². The summed E-state index contributed by atoms with van der Waals surface area (Å²) in [5.41, 5.74) is 2.68. The first-order chi connectivity index (χ1) is 14.7. The number of esters is 1. The number of carbonyl (C=O) groups is 2. The molecule has 1 aromatic heterocycles. The zero-order valence-electron chi connectivity index (χ0n) is 16.6. The summed E-state index contributed by atoms with van der Waals surface area (Å²) in [6.45, 7) is 2.50. The molecule has 0 unspecified atom stereocenters. The quantitative estimate of drug-likeness (QED) is 0.486. The molecule has 1 aliphatic heterocycles. The molecule has 6 nitrogen and oxygen atoms in total. The van der Waals surface area contributed by atoms with E-state index in [0.717, 1.165) is 29.7 Å². The van der Waals surface area contributed by atoms with Crippen molar-refractivity contribution in [2.75, 3.05) is 37.7 Å². The van der Waals surface area contributed by atoms with Crippen LogP contribution >= 0.6 is 0 Å². The van der Waals surface area contributed by atoms with Gasteiger partial charge in [-0.25, -0.2) is 9.78 Å². The SMILES string of the molecule is O=C(C=Cc1ccc2ccccc2n1)OCC(=O)N1CCN(c2ccccc2)CC1. The number of amides is 1. The van der Waals surface area contributed by atoms with Gasteiger partial charge >= 0.3 is 5.97 Å². The Morgan fingerprint density at radius 1 is 0.900 bits per heavy atom. The summed E-state index contributed by atoms with van der Waals surface area (Å²) in [6.07, 6.45) is 2.90. The number of rotatable bonds is 5. The number of fused-ring (bicyclic) bond motifs is 1. The standard InChI is InChI=1S/C24H23N3O3/c28-23(27-16-14-26(15-17-27)21-7-2-1-3-8-21)18-30-24(29)13-12-20-11-10-19-6-4-5-9-22(19)25-20/h1-13H,14-18H2. The minimum absolute atomic E-state index is 0.173. The van der Waals surface area contributed by atoms with E-state index in [2.05, 4.69) is 22.0 Å². The Kier molecular flexibility index (Phi) is 6.03. The van der Waals surface area contributed by atoms with Crippen LogP contribution in [-0.4, -0.2) is 54.5 Å². The largest absolute Gasteiger partial charge is 0.452 e. The summed E-state index contributed by atoms with van der Waals surface area (Å²) in [5, 5.41) is 1.04. The Morgan fingerprint density at radius 2 is 1.63 bits per heavy atom. The monoisotopic (exact) mass is 401 g/mol. The van der Waals surface area contributed by atoms with Gasteiger partial charge in [0.05, 0.1) is 11.2 Å². The van der Waals surface area contributed by atoms with Crippen LogP contribution in [-0.2, 0) is 14.3 Å². The topological polar surface area (TPSA) is 62.7 Å². The molecule has 3 aromatic rings. The fourth-order valence-electron chi connectivity index (χ4n) is 3.45. The van der Waals surface area contributed by atoms with E-state index in [1.54, 1.807) is 11.0 Å². The van der Waals surface area contributed by atoms with Gasteiger partial charge in [-0.1, -0.05) is 42.5 Å². The summed E-state index contributed by atoms with van der Waals surface area (Å²) < 4.78 is 5.12. The van der Waals surface area contributed by atoms with Crippen LogP contribution < -0.4 is 4.90 Å². The normalized spacial score (nSPS) is 14.3. The molecule has 0 bridgehead atoms. The first-order valence-corrected chi connectivity index (χ1v) is 9.97. The average Bonchev–Trinajstić information content (AvgIpc) is 2.81. The molecule has 1 aliphatic rings. The van der Waals surface area contributed by atoms with Gasteiger partial charge in [0.25, 0.3) is 5.91 Å². The smallest absolute Gasteiger partial charge is 0.331 e. The molecule has 1 saturated heterocycles. The molecule has 0 atom stereocenters. The lowest BCUT2D eigenvalue weighted by atomic mass is 10.2. The number of benzene rings is 2. The highest BCUT2D eigenvalue weighted by Crippen LogP contribution is 2.16. The molecular weight excluding hydrogens is 378 g/mol. The molecule has 0 spiro atoms. The summed E-state index contributed by atoms with van der Waals surface area (Å²) >= 11 is 0. The molecule has 152 valence electrons. The van der Waals surface area contributed by atoms with E-state index >= 15 is 0 Å². The molecule has 2 aromatic carbocycles. The van der Waals surface area contributed by atoms with Gasteiger partial charge in [-0.3, -0.25) is 4.79 Å². The van der Waals surface area contributed by atoms with Gasteiger partial charge in [0, 0.05) is 43.3 Å². The van der Waals surface area contributed by atoms with Gasteiger partial charge in [-0.2, -0.15) is 0 Å². The van der Waals surface area contributed by atoms with Crippen molar-refractivity contribution in [2.24, 2.45) is 0 Å². The number of piperazine rings is 1. The summed E-state index contributed by atoms with van der Waals surface area (Å²) in [5.74, 6) is -0.727. The third-order valence-electron chi connectivity index (χ3n) is 5.10. The third kappa shape index (κ3) is 4.84. The van der Waals surface area contributed by atoms with E-state index in [1.807, 2.05) is 54.6 Å². The molecule has 4 rings (SSSR count). The van der Waals surface area contributed by atoms with Crippen molar-refractivity contribution in [1.82, 2.24) is 9.88 Å². The average molecular weight is 401 g/mol. The van der Waals surface area contributed by atoms with Crippen LogP contribution in [0.3, 0.4) is 0 Å². The molecule has 1 amide bonds. The van der Waals surface area contributed by atoms with E-state index in [0.29, 0.717) is 18.8 Å². The first-order valence-electron chi connectivity index (χ1n) is 9.97. The maximum atomic E-state index is 12.4. The number of aromatic nitrogens is 1. The van der Waals surface area contributed by atoms with Crippen molar-refractivity contribution < 1.29 is 14.3 Å². The first kappa shape index (κ1) is 19.6. The van der Waals surface area contributed by atoms with Crippen LogP contribution in [0.15, 0.2) is 72.8 Å². The van der Waals surface area contributed by atoms with E-state index in [4.69, 9.17) is 4.74 Å². The minimum Gasteiger partial charge on any atom is -0.452 e. The van der Waals surface area contributed by atoms with Crippen LogP contribution in [0, 0.1) is 0 Å². The van der Waals surface area contributed by atoms with Crippen molar-refractivity contribution in [2.45, 2.75) is 0 Å². The number of para-hydroxylation sites is 2. The van der Waals surface area contributed by atoms with Crippen molar-refractivity contribution in [3.8, 4) is 0 Å². The number of ether oxygens (including phenoxy) is 1. The van der Waals surface area contributed by atoms with Crippen LogP contribution in [0.1, 0.15) is 5.69 Å². The summed E-state index contributed by atoms with van der Waals surface area (Å²) in [7, 11) is 0. The number of nitrogens with zero attached hydrogens (tertiary/aromatic N) is 3. The fourth-order valence-corrected chi connectivity index (χ4v) is 3.45. The molecule has 1 fully saturated rings. The Balaban J connectivity index is 1.24. The Bertz CT molecular complexity index is 1060. The molecular formula is C24H23N3O3. The second-order valence-electron chi connectivity index (χ2n) is 7.07. The molecule has 0 aliphatic carbocycles. The number of carbonyl (C=O) groups excluding carboxylic acids is 2. The Labute approximate surface area is 175 Å². The maximum Gasteiger partial charge on any atom is 0.331 e. The predicted molar refractivity (Wildman–Crippen MR) is 117 cm³/mol. The number of pyridine rings is 1. The highest BCUT2D eigenvalue weighted by atomic mass is 16.5. The lowest BCUT2D eigenvalue weighted by Gasteiger charge is -2.36. The fraction of sp³-hybridized carbons (Fsp3) is 0.208. The number of hydrogen-bond donors (Lipinski definition) is 0. The second-order valence-corrected chi connectivity index (χ2v) is 7.07. The van der Waals surface area contributed by atoms with Gasteiger partial charge in [0.2, 0.25) is 0 Å². The van der Waals surface area contributed by atoms with E-state index in [1.165, 1.54) is 6.08 Å². The van der Waals surface area contributed by atoms with Gasteiger partial charge < -0.3 is 14.5 Å². The number of hydrogen-bond acceptors (Lipinski definition) is 5. The summed E-state index contributed by atoms with van der Waals surface area (Å²) in [4.78, 5) is 32.8. The molecule has 0 radical (unpaired) electrons.